The van der Waals surface area contributed by atoms with E-state index in [0.29, 0.717) is 6.42 Å². The minimum absolute atomic E-state index is 0.0304. The highest BCUT2D eigenvalue weighted by Crippen LogP contribution is 2.31. The van der Waals surface area contributed by atoms with Gasteiger partial charge in [-0.1, -0.05) is 18.2 Å². The molecule has 0 saturated heterocycles. The lowest BCUT2D eigenvalue weighted by Crippen LogP contribution is -2.40. The number of hydrogen-bond acceptors (Lipinski definition) is 2. The number of halogens is 4. The van der Waals surface area contributed by atoms with Gasteiger partial charge in [0.2, 0.25) is 11.8 Å². The summed E-state index contributed by atoms with van der Waals surface area (Å²) in [4.78, 5) is 26.8. The Labute approximate surface area is 169 Å². The molecular formula is C21H19F4N3O2. The number of para-hydroxylation sites is 1. The summed E-state index contributed by atoms with van der Waals surface area (Å²) in [7, 11) is 0. The van der Waals surface area contributed by atoms with E-state index in [4.69, 9.17) is 0 Å². The molecule has 0 aliphatic carbocycles. The number of carbonyl (C=O) groups is 2. The average molecular weight is 421 g/mol. The second-order valence-electron chi connectivity index (χ2n) is 6.70. The summed E-state index contributed by atoms with van der Waals surface area (Å²) in [5, 5.41) is 4.92. The number of hydrogen-bond donors (Lipinski definition) is 3. The van der Waals surface area contributed by atoms with Crippen molar-refractivity contribution < 1.29 is 27.2 Å². The summed E-state index contributed by atoms with van der Waals surface area (Å²) < 4.78 is 49.6. The van der Waals surface area contributed by atoms with Crippen LogP contribution in [0.5, 0.6) is 0 Å². The molecule has 0 aliphatic rings. The summed E-state index contributed by atoms with van der Waals surface area (Å²) in [5.74, 6) is -1.74. The molecule has 0 atom stereocenters. The molecule has 30 heavy (non-hydrogen) atoms. The number of benzene rings is 2. The minimum Gasteiger partial charge on any atom is -0.354 e. The summed E-state index contributed by atoms with van der Waals surface area (Å²) in [5.41, 5.74) is 3.23. The topological polar surface area (TPSA) is 74.0 Å². The zero-order valence-electron chi connectivity index (χ0n) is 15.8. The van der Waals surface area contributed by atoms with Gasteiger partial charge in [-0.05, 0) is 47.9 Å². The first-order chi connectivity index (χ1) is 14.2. The Balaban J connectivity index is 1.67. The molecule has 0 radical (unpaired) electrons. The number of rotatable bonds is 7. The molecule has 0 fully saturated rings. The zero-order valence-corrected chi connectivity index (χ0v) is 15.8. The number of aromatic nitrogens is 1. The standard InChI is InChI=1S/C21H19F4N3O2/c22-14-7-5-13(6-8-14)20-16(15-3-1-2-4-17(15)28-20)9-10-18(29)26-11-19(30)27-12-21(23,24)25/h1-8,28H,9-12H2,(H,26,29)(H,27,30). The van der Waals surface area contributed by atoms with Gasteiger partial charge in [0.25, 0.3) is 0 Å². The lowest BCUT2D eigenvalue weighted by Gasteiger charge is -2.09. The van der Waals surface area contributed by atoms with Crippen LogP contribution in [0.2, 0.25) is 0 Å². The SMILES string of the molecule is O=C(CCc1c(-c2ccc(F)cc2)[nH]c2ccccc12)NCC(=O)NCC(F)(F)F. The fraction of sp³-hybridized carbons (Fsp3) is 0.238. The van der Waals surface area contributed by atoms with E-state index < -0.39 is 31.1 Å². The molecule has 2 amide bonds. The largest absolute Gasteiger partial charge is 0.405 e. The third-order valence-corrected chi connectivity index (χ3v) is 4.48. The van der Waals surface area contributed by atoms with Crippen LogP contribution in [0.1, 0.15) is 12.0 Å². The summed E-state index contributed by atoms with van der Waals surface area (Å²) >= 11 is 0. The highest BCUT2D eigenvalue weighted by Gasteiger charge is 2.27. The zero-order chi connectivity index (χ0) is 21.7. The fourth-order valence-electron chi connectivity index (χ4n) is 3.09. The normalized spacial score (nSPS) is 11.5. The second-order valence-corrected chi connectivity index (χ2v) is 6.70. The van der Waals surface area contributed by atoms with Crippen molar-refractivity contribution in [3.63, 3.8) is 0 Å². The van der Waals surface area contributed by atoms with Crippen LogP contribution in [0.25, 0.3) is 22.2 Å². The molecule has 0 spiro atoms. The second kappa shape index (κ2) is 8.98. The number of aryl methyl sites for hydroxylation is 1. The maximum atomic E-state index is 13.3. The Hall–Kier alpha value is -3.36. The predicted octanol–water partition coefficient (Wildman–Crippen LogP) is 3.70. The van der Waals surface area contributed by atoms with Gasteiger partial charge in [0.05, 0.1) is 6.54 Å². The molecular weight excluding hydrogens is 402 g/mol. The highest BCUT2D eigenvalue weighted by molar-refractivity contribution is 5.91. The van der Waals surface area contributed by atoms with Gasteiger partial charge < -0.3 is 15.6 Å². The van der Waals surface area contributed by atoms with Crippen LogP contribution in [0.15, 0.2) is 48.5 Å². The van der Waals surface area contributed by atoms with E-state index in [1.54, 1.807) is 17.4 Å². The number of H-pyrrole nitrogens is 1. The number of nitrogens with one attached hydrogen (secondary N) is 3. The van der Waals surface area contributed by atoms with Gasteiger partial charge in [0, 0.05) is 23.0 Å². The first-order valence-electron chi connectivity index (χ1n) is 9.18. The van der Waals surface area contributed by atoms with Crippen molar-refractivity contribution in [3.8, 4) is 11.3 Å². The Kier molecular flexibility index (Phi) is 6.39. The number of alkyl halides is 3. The molecule has 0 aliphatic heterocycles. The van der Waals surface area contributed by atoms with Crippen LogP contribution in [-0.4, -0.2) is 36.1 Å². The lowest BCUT2D eigenvalue weighted by atomic mass is 10.0. The van der Waals surface area contributed by atoms with E-state index in [1.807, 2.05) is 24.3 Å². The van der Waals surface area contributed by atoms with Crippen molar-refractivity contribution in [2.45, 2.75) is 19.0 Å². The molecule has 5 nitrogen and oxygen atoms in total. The van der Waals surface area contributed by atoms with Crippen molar-refractivity contribution in [1.29, 1.82) is 0 Å². The molecule has 9 heteroatoms. The number of amides is 2. The highest BCUT2D eigenvalue weighted by atomic mass is 19.4. The minimum atomic E-state index is -4.51. The van der Waals surface area contributed by atoms with Gasteiger partial charge in [-0.15, -0.1) is 0 Å². The smallest absolute Gasteiger partial charge is 0.354 e. The van der Waals surface area contributed by atoms with Crippen LogP contribution >= 0.6 is 0 Å². The molecule has 0 saturated carbocycles. The van der Waals surface area contributed by atoms with E-state index in [1.165, 1.54) is 12.1 Å². The van der Waals surface area contributed by atoms with E-state index >= 15 is 0 Å². The molecule has 158 valence electrons. The van der Waals surface area contributed by atoms with Crippen molar-refractivity contribution in [2.75, 3.05) is 13.1 Å². The number of carbonyl (C=O) groups excluding carboxylic acids is 2. The Morgan fingerprint density at radius 3 is 2.33 bits per heavy atom. The van der Waals surface area contributed by atoms with E-state index in [-0.39, 0.29) is 12.2 Å². The Morgan fingerprint density at radius 2 is 1.63 bits per heavy atom. The van der Waals surface area contributed by atoms with E-state index in [9.17, 15) is 27.2 Å². The van der Waals surface area contributed by atoms with Gasteiger partial charge in [-0.25, -0.2) is 4.39 Å². The van der Waals surface area contributed by atoms with Gasteiger partial charge in [0.15, 0.2) is 0 Å². The fourth-order valence-corrected chi connectivity index (χ4v) is 3.09. The molecule has 2 aromatic carbocycles. The first kappa shape index (κ1) is 21.4. The molecule has 1 aromatic heterocycles. The summed E-state index contributed by atoms with van der Waals surface area (Å²) in [6.07, 6.45) is -4.15. The number of aromatic amines is 1. The Bertz CT molecular complexity index is 1040. The van der Waals surface area contributed by atoms with Crippen molar-refractivity contribution in [2.24, 2.45) is 0 Å². The van der Waals surface area contributed by atoms with E-state index in [2.05, 4.69) is 10.3 Å². The molecule has 0 unspecified atom stereocenters. The molecule has 3 aromatic rings. The Morgan fingerprint density at radius 1 is 0.933 bits per heavy atom. The van der Waals surface area contributed by atoms with Gasteiger partial charge in [-0.2, -0.15) is 13.2 Å². The summed E-state index contributed by atoms with van der Waals surface area (Å²) in [6, 6.07) is 13.5. The molecule has 1 heterocycles. The monoisotopic (exact) mass is 421 g/mol. The van der Waals surface area contributed by atoms with Crippen molar-refractivity contribution in [3.05, 3.63) is 59.9 Å². The average Bonchev–Trinajstić information content (AvgIpc) is 3.07. The van der Waals surface area contributed by atoms with Crippen molar-refractivity contribution >= 4 is 22.7 Å². The van der Waals surface area contributed by atoms with Gasteiger partial charge >= 0.3 is 6.18 Å². The van der Waals surface area contributed by atoms with E-state index in [0.717, 1.165) is 27.7 Å². The van der Waals surface area contributed by atoms with Crippen LogP contribution in [-0.2, 0) is 16.0 Å². The van der Waals surface area contributed by atoms with Gasteiger partial charge in [-0.3, -0.25) is 9.59 Å². The predicted molar refractivity (Wildman–Crippen MR) is 104 cm³/mol. The van der Waals surface area contributed by atoms with Crippen molar-refractivity contribution in [1.82, 2.24) is 15.6 Å². The first-order valence-corrected chi connectivity index (χ1v) is 9.18. The van der Waals surface area contributed by atoms with Crippen LogP contribution in [0.3, 0.4) is 0 Å². The third-order valence-electron chi connectivity index (χ3n) is 4.48. The van der Waals surface area contributed by atoms with Crippen LogP contribution in [0.4, 0.5) is 17.6 Å². The number of fused-ring (bicyclic) bond motifs is 1. The maximum Gasteiger partial charge on any atom is 0.405 e. The quantitative estimate of drug-likeness (QED) is 0.509. The van der Waals surface area contributed by atoms with Crippen LogP contribution in [0, 0.1) is 5.82 Å². The molecule has 0 bridgehead atoms. The van der Waals surface area contributed by atoms with Crippen LogP contribution < -0.4 is 10.6 Å². The summed E-state index contributed by atoms with van der Waals surface area (Å²) in [6.45, 7) is -1.98. The van der Waals surface area contributed by atoms with Gasteiger partial charge in [0.1, 0.15) is 12.4 Å². The third kappa shape index (κ3) is 5.59. The maximum absolute atomic E-state index is 13.3. The molecule has 3 N–H and O–H groups in total. The lowest BCUT2D eigenvalue weighted by molar-refractivity contribution is -0.138. The molecule has 3 rings (SSSR count).